The van der Waals surface area contributed by atoms with Crippen molar-refractivity contribution in [2.24, 2.45) is 0 Å². The van der Waals surface area contributed by atoms with Crippen LogP contribution in [0.15, 0.2) is 24.3 Å². The summed E-state index contributed by atoms with van der Waals surface area (Å²) in [5, 5.41) is 33.1. The molecule has 0 aromatic rings. The van der Waals surface area contributed by atoms with Gasteiger partial charge in [-0.3, -0.25) is 4.79 Å². The molecule has 0 aliphatic carbocycles. The van der Waals surface area contributed by atoms with Gasteiger partial charge < -0.3 is 20.6 Å². The largest absolute Gasteiger partial charge is 0.394 e. The van der Waals surface area contributed by atoms with Crippen molar-refractivity contribution in [1.82, 2.24) is 5.32 Å². The summed E-state index contributed by atoms with van der Waals surface area (Å²) in [6.45, 7) is 4.20. The van der Waals surface area contributed by atoms with Crippen molar-refractivity contribution < 1.29 is 20.1 Å². The number of allylic oxidation sites excluding steroid dienone is 3. The molecule has 0 radical (unpaired) electrons. The summed E-state index contributed by atoms with van der Waals surface area (Å²) >= 11 is 0. The van der Waals surface area contributed by atoms with Gasteiger partial charge in [-0.05, 0) is 32.1 Å². The van der Waals surface area contributed by atoms with Gasteiger partial charge in [0, 0.05) is 0 Å². The predicted molar refractivity (Wildman–Crippen MR) is 213 cm³/mol. The molecule has 5 heteroatoms. The molecule has 0 saturated carbocycles. The van der Waals surface area contributed by atoms with Gasteiger partial charge in [0.2, 0.25) is 5.91 Å². The molecule has 0 aromatic heterocycles. The number of aliphatic hydroxyl groups is 3. The number of hydrogen-bond acceptors (Lipinski definition) is 4. The van der Waals surface area contributed by atoms with Crippen molar-refractivity contribution >= 4 is 5.91 Å². The average molecular weight is 692 g/mol. The molecule has 0 saturated heterocycles. The van der Waals surface area contributed by atoms with Crippen LogP contribution in [0.4, 0.5) is 0 Å². The SMILES string of the molecule is CCCCCCCCCCCCCCCCC/C=C/CC/C=C/C(O)C(CO)NC(=O)CC(O)CCCCCCCCCCCCCCC. The van der Waals surface area contributed by atoms with E-state index in [0.29, 0.717) is 6.42 Å². The Hall–Kier alpha value is -1.17. The van der Waals surface area contributed by atoms with E-state index in [1.165, 1.54) is 167 Å². The predicted octanol–water partition coefficient (Wildman–Crippen LogP) is 12.2. The van der Waals surface area contributed by atoms with E-state index in [4.69, 9.17) is 0 Å². The van der Waals surface area contributed by atoms with E-state index in [1.807, 2.05) is 6.08 Å². The van der Waals surface area contributed by atoms with Crippen LogP contribution in [0, 0.1) is 0 Å². The number of hydrogen-bond donors (Lipinski definition) is 4. The molecule has 0 spiro atoms. The minimum atomic E-state index is -0.948. The monoisotopic (exact) mass is 692 g/mol. The van der Waals surface area contributed by atoms with Crippen LogP contribution >= 0.6 is 0 Å². The molecule has 0 aliphatic rings. The quantitative estimate of drug-likeness (QED) is 0.0381. The summed E-state index contributed by atoms with van der Waals surface area (Å²) in [5.74, 6) is -0.324. The van der Waals surface area contributed by atoms with E-state index in [2.05, 4.69) is 31.3 Å². The van der Waals surface area contributed by atoms with Gasteiger partial charge in [0.1, 0.15) is 0 Å². The second-order valence-electron chi connectivity index (χ2n) is 15.0. The third-order valence-corrected chi connectivity index (χ3v) is 9.99. The third-order valence-electron chi connectivity index (χ3n) is 9.99. The summed E-state index contributed by atoms with van der Waals surface area (Å²) in [7, 11) is 0. The smallest absolute Gasteiger partial charge is 0.222 e. The summed E-state index contributed by atoms with van der Waals surface area (Å²) in [6.07, 6.45) is 47.5. The van der Waals surface area contributed by atoms with Crippen LogP contribution in [-0.4, -0.2) is 46.1 Å². The Morgan fingerprint density at radius 1 is 0.510 bits per heavy atom. The molecule has 0 bridgehead atoms. The van der Waals surface area contributed by atoms with Gasteiger partial charge >= 0.3 is 0 Å². The van der Waals surface area contributed by atoms with Crippen molar-refractivity contribution in [2.75, 3.05) is 6.61 Å². The molecule has 0 fully saturated rings. The Bertz CT molecular complexity index is 724. The van der Waals surface area contributed by atoms with Gasteiger partial charge in [0.15, 0.2) is 0 Å². The van der Waals surface area contributed by atoms with E-state index < -0.39 is 18.2 Å². The van der Waals surface area contributed by atoms with Crippen molar-refractivity contribution in [3.05, 3.63) is 24.3 Å². The molecule has 49 heavy (non-hydrogen) atoms. The Balaban J connectivity index is 3.69. The Morgan fingerprint density at radius 3 is 1.31 bits per heavy atom. The van der Waals surface area contributed by atoms with Gasteiger partial charge in [-0.1, -0.05) is 212 Å². The molecule has 5 nitrogen and oxygen atoms in total. The zero-order chi connectivity index (χ0) is 35.9. The van der Waals surface area contributed by atoms with Crippen LogP contribution in [0.25, 0.3) is 0 Å². The van der Waals surface area contributed by atoms with Gasteiger partial charge in [0.05, 0.1) is 31.3 Å². The zero-order valence-electron chi connectivity index (χ0n) is 32.8. The van der Waals surface area contributed by atoms with Crippen molar-refractivity contribution in [3.8, 4) is 0 Å². The second-order valence-corrected chi connectivity index (χ2v) is 15.0. The molecule has 0 rings (SSSR count). The summed E-state index contributed by atoms with van der Waals surface area (Å²) in [6, 6.07) is -0.757. The maximum absolute atomic E-state index is 12.4. The second kappa shape index (κ2) is 39.6. The fourth-order valence-corrected chi connectivity index (χ4v) is 6.65. The molecule has 0 aliphatic heterocycles. The Kier molecular flexibility index (Phi) is 38.7. The van der Waals surface area contributed by atoms with Gasteiger partial charge in [-0.2, -0.15) is 0 Å². The maximum atomic E-state index is 12.4. The lowest BCUT2D eigenvalue weighted by molar-refractivity contribution is -0.124. The standard InChI is InChI=1S/C44H85NO4/c1-3-5-7-9-11-13-15-17-18-19-20-21-22-23-24-26-28-30-32-34-36-38-43(48)42(40-46)45-44(49)39-41(47)37-35-33-31-29-27-25-16-14-12-10-8-6-4-2/h28,30,36,38,41-43,46-48H,3-27,29,31-35,37,39-40H2,1-2H3,(H,45,49)/b30-28+,38-36+. The summed E-state index contributed by atoms with van der Waals surface area (Å²) in [5.41, 5.74) is 0. The van der Waals surface area contributed by atoms with E-state index in [-0.39, 0.29) is 18.9 Å². The minimum Gasteiger partial charge on any atom is -0.394 e. The van der Waals surface area contributed by atoms with E-state index >= 15 is 0 Å². The number of rotatable bonds is 39. The number of amides is 1. The summed E-state index contributed by atoms with van der Waals surface area (Å²) < 4.78 is 0. The number of carbonyl (C=O) groups excluding carboxylic acids is 1. The highest BCUT2D eigenvalue weighted by Crippen LogP contribution is 2.16. The average Bonchev–Trinajstić information content (AvgIpc) is 3.09. The number of carbonyl (C=O) groups is 1. The number of aliphatic hydroxyl groups excluding tert-OH is 3. The van der Waals surface area contributed by atoms with Crippen LogP contribution in [0.3, 0.4) is 0 Å². The van der Waals surface area contributed by atoms with Crippen molar-refractivity contribution in [1.29, 1.82) is 0 Å². The molecule has 290 valence electrons. The first-order chi connectivity index (χ1) is 24.0. The van der Waals surface area contributed by atoms with Crippen LogP contribution in [0.2, 0.25) is 0 Å². The number of unbranched alkanes of at least 4 members (excludes halogenated alkanes) is 28. The van der Waals surface area contributed by atoms with Gasteiger partial charge in [-0.15, -0.1) is 0 Å². The highest BCUT2D eigenvalue weighted by Gasteiger charge is 2.20. The lowest BCUT2D eigenvalue weighted by Crippen LogP contribution is -2.45. The highest BCUT2D eigenvalue weighted by molar-refractivity contribution is 5.76. The topological polar surface area (TPSA) is 89.8 Å². The first-order valence-corrected chi connectivity index (χ1v) is 21.6. The van der Waals surface area contributed by atoms with E-state index in [9.17, 15) is 20.1 Å². The fraction of sp³-hybridized carbons (Fsp3) is 0.886. The minimum absolute atomic E-state index is 0.00927. The first-order valence-electron chi connectivity index (χ1n) is 21.6. The maximum Gasteiger partial charge on any atom is 0.222 e. The molecule has 4 N–H and O–H groups in total. The van der Waals surface area contributed by atoms with E-state index in [0.717, 1.165) is 32.1 Å². The van der Waals surface area contributed by atoms with Gasteiger partial charge in [0.25, 0.3) is 0 Å². The van der Waals surface area contributed by atoms with Crippen LogP contribution in [-0.2, 0) is 4.79 Å². The Morgan fingerprint density at radius 2 is 0.878 bits per heavy atom. The molecular formula is C44H85NO4. The molecule has 3 atom stereocenters. The van der Waals surface area contributed by atoms with Crippen LogP contribution < -0.4 is 5.32 Å². The fourth-order valence-electron chi connectivity index (χ4n) is 6.65. The first kappa shape index (κ1) is 47.8. The zero-order valence-corrected chi connectivity index (χ0v) is 32.8. The number of nitrogens with one attached hydrogen (secondary N) is 1. The van der Waals surface area contributed by atoms with Gasteiger partial charge in [-0.25, -0.2) is 0 Å². The molecule has 0 heterocycles. The molecule has 0 aromatic carbocycles. The third kappa shape index (κ3) is 36.4. The van der Waals surface area contributed by atoms with Crippen LogP contribution in [0.1, 0.15) is 226 Å². The normalized spacial score (nSPS) is 13.8. The van der Waals surface area contributed by atoms with Crippen molar-refractivity contribution in [3.63, 3.8) is 0 Å². The lowest BCUT2D eigenvalue weighted by atomic mass is 10.0. The highest BCUT2D eigenvalue weighted by atomic mass is 16.3. The van der Waals surface area contributed by atoms with E-state index in [1.54, 1.807) is 6.08 Å². The lowest BCUT2D eigenvalue weighted by Gasteiger charge is -2.21. The van der Waals surface area contributed by atoms with Crippen molar-refractivity contribution in [2.45, 2.75) is 244 Å². The van der Waals surface area contributed by atoms with Crippen LogP contribution in [0.5, 0.6) is 0 Å². The molecule has 3 unspecified atom stereocenters. The molecular weight excluding hydrogens is 606 g/mol. The Labute approximate surface area is 305 Å². The molecule has 1 amide bonds. The summed E-state index contributed by atoms with van der Waals surface area (Å²) in [4.78, 5) is 12.4.